The van der Waals surface area contributed by atoms with Gasteiger partial charge in [0, 0.05) is 41.8 Å². The van der Waals surface area contributed by atoms with Gasteiger partial charge in [0.2, 0.25) is 0 Å². The first-order valence-corrected chi connectivity index (χ1v) is 12.0. The van der Waals surface area contributed by atoms with Crippen molar-refractivity contribution in [3.05, 3.63) is 72.4 Å². The second-order valence-electron chi connectivity index (χ2n) is 8.14. The molecule has 0 radical (unpaired) electrons. The van der Waals surface area contributed by atoms with Gasteiger partial charge in [-0.25, -0.2) is 19.7 Å². The van der Waals surface area contributed by atoms with E-state index in [9.17, 15) is 9.59 Å². The Bertz CT molecular complexity index is 1390. The molecule has 182 valence electrons. The summed E-state index contributed by atoms with van der Waals surface area (Å²) < 4.78 is 5.49. The minimum atomic E-state index is -0.403. The molecule has 2 N–H and O–H groups in total. The van der Waals surface area contributed by atoms with Crippen LogP contribution in [0.2, 0.25) is 0 Å². The number of hydrogen-bond acceptors (Lipinski definition) is 7. The fourth-order valence-corrected chi connectivity index (χ4v) is 4.06. The van der Waals surface area contributed by atoms with Crippen LogP contribution in [0.5, 0.6) is 0 Å². The topological polar surface area (TPSA) is 109 Å². The Morgan fingerprint density at radius 2 is 1.58 bits per heavy atom. The first kappa shape index (κ1) is 23.7. The number of Topliss-reactive ketones (excluding diaryl/α,β-unsaturated/α-hetero) is 1. The molecule has 2 aromatic carbocycles. The van der Waals surface area contributed by atoms with E-state index in [1.54, 1.807) is 42.6 Å². The molecule has 0 saturated carbocycles. The van der Waals surface area contributed by atoms with E-state index in [1.807, 2.05) is 24.3 Å². The molecular formula is C26H23ClN6O3. The Balaban J connectivity index is 1.31. The van der Waals surface area contributed by atoms with E-state index in [0.29, 0.717) is 41.6 Å². The van der Waals surface area contributed by atoms with Crippen molar-refractivity contribution in [3.8, 4) is 11.4 Å². The van der Waals surface area contributed by atoms with Gasteiger partial charge in [0.05, 0.1) is 24.5 Å². The summed E-state index contributed by atoms with van der Waals surface area (Å²) in [6.07, 6.45) is 1.72. The molecule has 0 aliphatic carbocycles. The highest BCUT2D eigenvalue weighted by atomic mass is 35.5. The molecule has 10 heteroatoms. The maximum atomic E-state index is 12.4. The number of alkyl halides is 1. The predicted octanol–water partition coefficient (Wildman–Crippen LogP) is 4.59. The molecule has 0 bridgehead atoms. The number of pyridine rings is 1. The maximum Gasteiger partial charge on any atom is 0.323 e. The molecule has 5 rings (SSSR count). The summed E-state index contributed by atoms with van der Waals surface area (Å²) in [6.45, 7) is 2.81. The summed E-state index contributed by atoms with van der Waals surface area (Å²) in [5, 5.41) is 6.44. The molecule has 9 nitrogen and oxygen atoms in total. The standard InChI is InChI=1S/C26H23ClN6O3/c27-16-22(34)17-3-7-19(8-4-17)29-26(35)30-20-9-5-18(6-10-20)23-31-24-21(2-1-11-28-24)25(32-23)33-12-14-36-15-13-33/h1-11H,12-16H2,(H2,29,30,35). The number of fused-ring (bicyclic) bond motifs is 1. The molecule has 0 unspecified atom stereocenters. The number of morpholine rings is 1. The molecule has 2 aromatic heterocycles. The Kier molecular flexibility index (Phi) is 7.01. The SMILES string of the molecule is O=C(Nc1ccc(C(=O)CCl)cc1)Nc1ccc(-c2nc(N3CCOCC3)c3cccnc3n2)cc1. The zero-order valence-electron chi connectivity index (χ0n) is 19.3. The van der Waals surface area contributed by atoms with Crippen molar-refractivity contribution in [2.75, 3.05) is 47.7 Å². The number of amides is 2. The number of hydrogen-bond donors (Lipinski definition) is 2. The van der Waals surface area contributed by atoms with Gasteiger partial charge in [-0.15, -0.1) is 11.6 Å². The molecule has 4 aromatic rings. The quantitative estimate of drug-likeness (QED) is 0.293. The van der Waals surface area contributed by atoms with Crippen LogP contribution < -0.4 is 15.5 Å². The van der Waals surface area contributed by atoms with E-state index in [-0.39, 0.29) is 11.7 Å². The van der Waals surface area contributed by atoms with Gasteiger partial charge in [-0.05, 0) is 60.7 Å². The predicted molar refractivity (Wildman–Crippen MR) is 140 cm³/mol. The van der Waals surface area contributed by atoms with Gasteiger partial charge in [0.1, 0.15) is 5.82 Å². The molecule has 36 heavy (non-hydrogen) atoms. The Morgan fingerprint density at radius 3 is 2.25 bits per heavy atom. The third kappa shape index (κ3) is 5.27. The Labute approximate surface area is 212 Å². The molecular weight excluding hydrogens is 480 g/mol. The fourth-order valence-electron chi connectivity index (χ4n) is 3.90. The lowest BCUT2D eigenvalue weighted by atomic mass is 10.1. The van der Waals surface area contributed by atoms with Crippen LogP contribution in [-0.2, 0) is 4.74 Å². The number of carbonyl (C=O) groups is 2. The van der Waals surface area contributed by atoms with E-state index in [2.05, 4.69) is 25.5 Å². The third-order valence-electron chi connectivity index (χ3n) is 5.75. The summed E-state index contributed by atoms with van der Waals surface area (Å²) in [5.41, 5.74) is 3.10. The molecule has 1 saturated heterocycles. The van der Waals surface area contributed by atoms with Gasteiger partial charge >= 0.3 is 6.03 Å². The number of rotatable bonds is 6. The summed E-state index contributed by atoms with van der Waals surface area (Å²) in [4.78, 5) is 40.2. The first-order chi connectivity index (χ1) is 17.6. The smallest absolute Gasteiger partial charge is 0.323 e. The molecule has 1 aliphatic rings. The van der Waals surface area contributed by atoms with Gasteiger partial charge in [0.25, 0.3) is 0 Å². The number of urea groups is 1. The fraction of sp³-hybridized carbons (Fsp3) is 0.192. The van der Waals surface area contributed by atoms with Crippen molar-refractivity contribution < 1.29 is 14.3 Å². The van der Waals surface area contributed by atoms with Crippen molar-refractivity contribution in [1.82, 2.24) is 15.0 Å². The Morgan fingerprint density at radius 1 is 0.917 bits per heavy atom. The number of aromatic nitrogens is 3. The number of halogens is 1. The normalized spacial score (nSPS) is 13.4. The summed E-state index contributed by atoms with van der Waals surface area (Å²) in [5.74, 6) is 1.14. The van der Waals surface area contributed by atoms with Crippen molar-refractivity contribution >= 4 is 51.6 Å². The van der Waals surface area contributed by atoms with Crippen molar-refractivity contribution in [2.45, 2.75) is 0 Å². The van der Waals surface area contributed by atoms with Gasteiger partial charge in [-0.1, -0.05) is 0 Å². The number of ketones is 1. The van der Waals surface area contributed by atoms with Crippen LogP contribution in [0.1, 0.15) is 10.4 Å². The maximum absolute atomic E-state index is 12.4. The molecule has 1 fully saturated rings. The van der Waals surface area contributed by atoms with Gasteiger partial charge < -0.3 is 20.3 Å². The minimum Gasteiger partial charge on any atom is -0.378 e. The highest BCUT2D eigenvalue weighted by Crippen LogP contribution is 2.27. The highest BCUT2D eigenvalue weighted by Gasteiger charge is 2.18. The van der Waals surface area contributed by atoms with Crippen molar-refractivity contribution in [1.29, 1.82) is 0 Å². The lowest BCUT2D eigenvalue weighted by Gasteiger charge is -2.28. The van der Waals surface area contributed by atoms with E-state index in [0.717, 1.165) is 29.9 Å². The molecule has 1 aliphatic heterocycles. The van der Waals surface area contributed by atoms with E-state index < -0.39 is 6.03 Å². The number of carbonyl (C=O) groups excluding carboxylic acids is 2. The van der Waals surface area contributed by atoms with Gasteiger partial charge in [0.15, 0.2) is 17.3 Å². The lowest BCUT2D eigenvalue weighted by Crippen LogP contribution is -2.37. The molecule has 3 heterocycles. The van der Waals surface area contributed by atoms with E-state index >= 15 is 0 Å². The van der Waals surface area contributed by atoms with Crippen LogP contribution in [0, 0.1) is 0 Å². The average molecular weight is 503 g/mol. The summed E-state index contributed by atoms with van der Waals surface area (Å²) >= 11 is 5.57. The zero-order valence-corrected chi connectivity index (χ0v) is 20.0. The van der Waals surface area contributed by atoms with Crippen LogP contribution >= 0.6 is 11.6 Å². The number of anilines is 3. The van der Waals surface area contributed by atoms with Crippen LogP contribution in [0.3, 0.4) is 0 Å². The Hall–Kier alpha value is -4.08. The monoisotopic (exact) mass is 502 g/mol. The van der Waals surface area contributed by atoms with Gasteiger partial charge in [-0.2, -0.15) is 0 Å². The second-order valence-corrected chi connectivity index (χ2v) is 8.40. The zero-order chi connectivity index (χ0) is 24.9. The largest absolute Gasteiger partial charge is 0.378 e. The molecule has 0 atom stereocenters. The molecule has 2 amide bonds. The first-order valence-electron chi connectivity index (χ1n) is 11.4. The highest BCUT2D eigenvalue weighted by molar-refractivity contribution is 6.30. The summed E-state index contributed by atoms with van der Waals surface area (Å²) in [7, 11) is 0. The summed E-state index contributed by atoms with van der Waals surface area (Å²) in [6, 6.07) is 17.3. The van der Waals surface area contributed by atoms with Crippen LogP contribution in [0.25, 0.3) is 22.4 Å². The number of nitrogens with one attached hydrogen (secondary N) is 2. The minimum absolute atomic E-state index is 0.0848. The molecule has 0 spiro atoms. The van der Waals surface area contributed by atoms with Crippen LogP contribution in [0.15, 0.2) is 66.9 Å². The van der Waals surface area contributed by atoms with Crippen LogP contribution in [-0.4, -0.2) is 58.9 Å². The third-order valence-corrected chi connectivity index (χ3v) is 5.99. The number of ether oxygens (including phenoxy) is 1. The van der Waals surface area contributed by atoms with E-state index in [4.69, 9.17) is 21.3 Å². The van der Waals surface area contributed by atoms with Crippen LogP contribution in [0.4, 0.5) is 22.0 Å². The van der Waals surface area contributed by atoms with Gasteiger partial charge in [-0.3, -0.25) is 4.79 Å². The second kappa shape index (κ2) is 10.7. The van der Waals surface area contributed by atoms with Crippen molar-refractivity contribution in [2.24, 2.45) is 0 Å². The average Bonchev–Trinajstić information content (AvgIpc) is 2.93. The number of benzene rings is 2. The van der Waals surface area contributed by atoms with E-state index in [1.165, 1.54) is 0 Å². The van der Waals surface area contributed by atoms with Crippen molar-refractivity contribution in [3.63, 3.8) is 0 Å². The number of nitrogens with zero attached hydrogens (tertiary/aromatic N) is 4. The lowest BCUT2D eigenvalue weighted by molar-refractivity contribution is 0.102.